The molecular weight excluding hydrogens is 288 g/mol. The molecule has 0 fully saturated rings. The molecule has 0 bridgehead atoms. The molecule has 0 aromatic heterocycles. The molecule has 22 heavy (non-hydrogen) atoms. The van der Waals surface area contributed by atoms with E-state index in [4.69, 9.17) is 4.43 Å². The second-order valence-electron chi connectivity index (χ2n) is 8.85. The Balaban J connectivity index is 4.07. The zero-order chi connectivity index (χ0) is 17.4. The van der Waals surface area contributed by atoms with Crippen molar-refractivity contribution < 1.29 is 9.22 Å². The fourth-order valence-corrected chi connectivity index (χ4v) is 3.50. The molecule has 0 heterocycles. The van der Waals surface area contributed by atoms with Gasteiger partial charge in [0, 0.05) is 12.5 Å². The van der Waals surface area contributed by atoms with E-state index in [1.165, 1.54) is 25.5 Å². The Morgan fingerprint density at radius 3 is 2.05 bits per heavy atom. The van der Waals surface area contributed by atoms with E-state index in [0.29, 0.717) is 5.92 Å². The van der Waals surface area contributed by atoms with Crippen LogP contribution in [0.3, 0.4) is 0 Å². The van der Waals surface area contributed by atoms with Crippen LogP contribution in [0.15, 0.2) is 0 Å². The van der Waals surface area contributed by atoms with Crippen LogP contribution in [0.1, 0.15) is 73.6 Å². The van der Waals surface area contributed by atoms with Crippen LogP contribution in [0, 0.1) is 17.8 Å². The first kappa shape index (κ1) is 21.8. The summed E-state index contributed by atoms with van der Waals surface area (Å²) in [6.07, 6.45) is 6.83. The molecule has 132 valence electrons. The number of aldehydes is 1. The van der Waals surface area contributed by atoms with Gasteiger partial charge in [-0.05, 0) is 42.8 Å². The number of hydrogen-bond acceptors (Lipinski definition) is 2. The SMILES string of the molecule is CC(C)CCC[C@@H](C)[C@H](C=O)CCCO[Si](C)(C)C(C)(C)C. The maximum Gasteiger partial charge on any atom is 0.191 e. The first-order chi connectivity index (χ1) is 10.0. The smallest absolute Gasteiger partial charge is 0.191 e. The minimum Gasteiger partial charge on any atom is -0.417 e. The van der Waals surface area contributed by atoms with Crippen LogP contribution in [0.25, 0.3) is 0 Å². The van der Waals surface area contributed by atoms with Crippen molar-refractivity contribution >= 4 is 14.6 Å². The van der Waals surface area contributed by atoms with Crippen LogP contribution in [0.2, 0.25) is 18.1 Å². The van der Waals surface area contributed by atoms with Crippen LogP contribution < -0.4 is 0 Å². The normalized spacial score (nSPS) is 15.9. The molecule has 0 radical (unpaired) electrons. The number of rotatable bonds is 11. The molecule has 0 saturated carbocycles. The van der Waals surface area contributed by atoms with E-state index in [2.05, 4.69) is 54.6 Å². The second-order valence-corrected chi connectivity index (χ2v) is 13.7. The van der Waals surface area contributed by atoms with Gasteiger partial charge in [-0.25, -0.2) is 0 Å². The Morgan fingerprint density at radius 1 is 1.00 bits per heavy atom. The van der Waals surface area contributed by atoms with Gasteiger partial charge in [0.05, 0.1) is 0 Å². The predicted molar refractivity (Wildman–Crippen MR) is 99.8 cm³/mol. The van der Waals surface area contributed by atoms with Gasteiger partial charge in [0.25, 0.3) is 0 Å². The first-order valence-corrected chi connectivity index (χ1v) is 12.0. The summed E-state index contributed by atoms with van der Waals surface area (Å²) in [5.41, 5.74) is 0. The molecule has 0 aliphatic rings. The molecular formula is C19H40O2Si. The number of carbonyl (C=O) groups excluding carboxylic acids is 1. The average Bonchev–Trinajstić information content (AvgIpc) is 2.36. The Labute approximate surface area is 140 Å². The molecule has 0 aromatic carbocycles. The highest BCUT2D eigenvalue weighted by Gasteiger charge is 2.36. The van der Waals surface area contributed by atoms with Gasteiger partial charge in [0.15, 0.2) is 8.32 Å². The van der Waals surface area contributed by atoms with Crippen molar-refractivity contribution in [3.8, 4) is 0 Å². The molecule has 0 aromatic rings. The summed E-state index contributed by atoms with van der Waals surface area (Å²) in [5.74, 6) is 1.47. The summed E-state index contributed by atoms with van der Waals surface area (Å²) in [6, 6.07) is 0. The van der Waals surface area contributed by atoms with Crippen molar-refractivity contribution in [1.29, 1.82) is 0 Å². The van der Waals surface area contributed by atoms with Gasteiger partial charge in [-0.1, -0.05) is 60.8 Å². The summed E-state index contributed by atoms with van der Waals surface area (Å²) in [5, 5.41) is 0.265. The Kier molecular flexibility index (Phi) is 9.80. The van der Waals surface area contributed by atoms with E-state index >= 15 is 0 Å². The summed E-state index contributed by atoms with van der Waals surface area (Å²) >= 11 is 0. The minimum atomic E-state index is -1.64. The van der Waals surface area contributed by atoms with E-state index in [-0.39, 0.29) is 11.0 Å². The van der Waals surface area contributed by atoms with Crippen molar-refractivity contribution in [3.05, 3.63) is 0 Å². The van der Waals surface area contributed by atoms with Crippen molar-refractivity contribution in [2.24, 2.45) is 17.8 Å². The molecule has 0 N–H and O–H groups in total. The highest BCUT2D eigenvalue weighted by molar-refractivity contribution is 6.74. The molecule has 0 amide bonds. The van der Waals surface area contributed by atoms with Gasteiger partial charge in [-0.15, -0.1) is 0 Å². The predicted octanol–water partition coefficient (Wildman–Crippen LogP) is 6.07. The van der Waals surface area contributed by atoms with E-state index < -0.39 is 8.32 Å². The maximum absolute atomic E-state index is 11.4. The Bertz CT molecular complexity index is 305. The third kappa shape index (κ3) is 8.47. The largest absolute Gasteiger partial charge is 0.417 e. The fraction of sp³-hybridized carbons (Fsp3) is 0.947. The fourth-order valence-electron chi connectivity index (χ4n) is 2.41. The van der Waals surface area contributed by atoms with Gasteiger partial charge in [-0.3, -0.25) is 0 Å². The molecule has 2 nitrogen and oxygen atoms in total. The molecule has 0 saturated heterocycles. The lowest BCUT2D eigenvalue weighted by atomic mass is 9.86. The zero-order valence-electron chi connectivity index (χ0n) is 16.4. The average molecular weight is 329 g/mol. The number of hydrogen-bond donors (Lipinski definition) is 0. The lowest BCUT2D eigenvalue weighted by Crippen LogP contribution is -2.41. The minimum absolute atomic E-state index is 0.204. The highest BCUT2D eigenvalue weighted by atomic mass is 28.4. The van der Waals surface area contributed by atoms with Crippen LogP contribution >= 0.6 is 0 Å². The number of carbonyl (C=O) groups is 1. The van der Waals surface area contributed by atoms with E-state index in [9.17, 15) is 4.79 Å². The first-order valence-electron chi connectivity index (χ1n) is 9.10. The van der Waals surface area contributed by atoms with Crippen molar-refractivity contribution in [3.63, 3.8) is 0 Å². The third-order valence-electron chi connectivity index (χ3n) is 5.30. The molecule has 0 rings (SSSR count). The second kappa shape index (κ2) is 9.87. The Hall–Kier alpha value is -0.153. The summed E-state index contributed by atoms with van der Waals surface area (Å²) in [4.78, 5) is 11.4. The summed E-state index contributed by atoms with van der Waals surface area (Å²) < 4.78 is 6.20. The van der Waals surface area contributed by atoms with E-state index in [1.54, 1.807) is 0 Å². The maximum atomic E-state index is 11.4. The standard InChI is InChI=1S/C19H40O2Si/c1-16(2)11-9-12-17(3)18(15-20)13-10-14-21-22(7,8)19(4,5)6/h15-18H,9-14H2,1-8H3/t17-,18+/m1/s1. The molecule has 0 unspecified atom stereocenters. The zero-order valence-corrected chi connectivity index (χ0v) is 17.4. The molecule has 3 heteroatoms. The molecule has 2 atom stereocenters. The third-order valence-corrected chi connectivity index (χ3v) is 9.84. The van der Waals surface area contributed by atoms with Gasteiger partial charge in [0.1, 0.15) is 6.29 Å². The van der Waals surface area contributed by atoms with Crippen molar-refractivity contribution in [2.75, 3.05) is 6.61 Å². The van der Waals surface area contributed by atoms with Crippen LogP contribution in [-0.4, -0.2) is 21.2 Å². The summed E-state index contributed by atoms with van der Waals surface area (Å²) in [6.45, 7) is 18.9. The van der Waals surface area contributed by atoms with Crippen molar-refractivity contribution in [1.82, 2.24) is 0 Å². The molecule has 0 spiro atoms. The van der Waals surface area contributed by atoms with Gasteiger partial charge < -0.3 is 9.22 Å². The Morgan fingerprint density at radius 2 is 1.59 bits per heavy atom. The van der Waals surface area contributed by atoms with E-state index in [0.717, 1.165) is 25.4 Å². The van der Waals surface area contributed by atoms with Gasteiger partial charge in [-0.2, -0.15) is 0 Å². The quantitative estimate of drug-likeness (QED) is 0.261. The van der Waals surface area contributed by atoms with Crippen LogP contribution in [-0.2, 0) is 9.22 Å². The lowest BCUT2D eigenvalue weighted by molar-refractivity contribution is -0.112. The van der Waals surface area contributed by atoms with Crippen molar-refractivity contribution in [2.45, 2.75) is 91.8 Å². The lowest BCUT2D eigenvalue weighted by Gasteiger charge is -2.36. The van der Waals surface area contributed by atoms with Crippen LogP contribution in [0.5, 0.6) is 0 Å². The molecule has 0 aliphatic heterocycles. The van der Waals surface area contributed by atoms with Crippen LogP contribution in [0.4, 0.5) is 0 Å². The van der Waals surface area contributed by atoms with E-state index in [1.807, 2.05) is 0 Å². The van der Waals surface area contributed by atoms with Gasteiger partial charge >= 0.3 is 0 Å². The topological polar surface area (TPSA) is 26.3 Å². The highest BCUT2D eigenvalue weighted by Crippen LogP contribution is 2.36. The van der Waals surface area contributed by atoms with Gasteiger partial charge in [0.2, 0.25) is 0 Å². The summed E-state index contributed by atoms with van der Waals surface area (Å²) in [7, 11) is -1.64. The molecule has 0 aliphatic carbocycles. The monoisotopic (exact) mass is 328 g/mol.